The number of nitrogens with zero attached hydrogens (tertiary/aromatic N) is 5. The van der Waals surface area contributed by atoms with Gasteiger partial charge in [-0.2, -0.15) is 0 Å². The van der Waals surface area contributed by atoms with E-state index in [1.54, 1.807) is 9.80 Å². The average molecular weight is 846 g/mol. The van der Waals surface area contributed by atoms with Crippen LogP contribution in [-0.4, -0.2) is 98.7 Å². The lowest BCUT2D eigenvalue weighted by Crippen LogP contribution is -2.46. The van der Waals surface area contributed by atoms with E-state index in [4.69, 9.17) is 25.8 Å². The third-order valence-corrected chi connectivity index (χ3v) is 10.8. The molecule has 1 saturated carbocycles. The molecule has 18 heteroatoms. The number of nitro benzene ring substituents is 2. The molecule has 0 unspecified atom stereocenters. The minimum absolute atomic E-state index is 0.0149. The van der Waals surface area contributed by atoms with Gasteiger partial charge in [-0.3, -0.25) is 20.2 Å². The van der Waals surface area contributed by atoms with E-state index >= 15 is 0 Å². The van der Waals surface area contributed by atoms with E-state index in [9.17, 15) is 39.4 Å². The van der Waals surface area contributed by atoms with Gasteiger partial charge in [-0.05, 0) is 115 Å². The van der Waals surface area contributed by atoms with Gasteiger partial charge in [-0.25, -0.2) is 19.2 Å². The smallest absolute Gasteiger partial charge is 0.415 e. The number of halogens is 1. The standard InChI is InChI=1S/C20H27N3O6.C14H25NO2.C7H4ClNO4/c1-19(2,3)29-18(25)22-13-10-20(14-22)8-11-21(12-9-20)17(24)28-16-6-4-15(5-7-16)23(26)27;1-13(2,3)17-12(16)15-10-9-14(11-15)7-5-4-6-8-14;8-7(10)13-6-3-1-5(2-4-6)9(11)12/h4-7H,8-14H2,1-3H3;4-11H2,1-3H3;1-4H. The average Bonchev–Trinajstić information content (AvgIpc) is 3.76. The van der Waals surface area contributed by atoms with Crippen molar-refractivity contribution in [1.82, 2.24) is 14.7 Å². The van der Waals surface area contributed by atoms with Gasteiger partial charge in [0.25, 0.3) is 11.4 Å². The van der Waals surface area contributed by atoms with Crippen molar-refractivity contribution in [1.29, 1.82) is 0 Å². The topological polar surface area (TPSA) is 201 Å². The van der Waals surface area contributed by atoms with Crippen molar-refractivity contribution in [2.24, 2.45) is 10.8 Å². The molecule has 4 fully saturated rings. The van der Waals surface area contributed by atoms with Crippen molar-refractivity contribution < 1.29 is 48.0 Å². The number of ether oxygens (including phenoxy) is 4. The molecule has 4 aliphatic rings. The van der Waals surface area contributed by atoms with Crippen LogP contribution in [0, 0.1) is 31.1 Å². The number of rotatable bonds is 4. The Hall–Kier alpha value is -5.19. The summed E-state index contributed by atoms with van der Waals surface area (Å²) in [5, 5.41) is 20.9. The van der Waals surface area contributed by atoms with Crippen LogP contribution < -0.4 is 9.47 Å². The van der Waals surface area contributed by atoms with E-state index in [-0.39, 0.29) is 46.1 Å². The number of hydrogen-bond acceptors (Lipinski definition) is 12. The predicted octanol–water partition coefficient (Wildman–Crippen LogP) is 9.73. The number of amides is 3. The number of nitro groups is 2. The molecule has 0 atom stereocenters. The Balaban J connectivity index is 0.000000216. The molecule has 0 bridgehead atoms. The molecule has 0 N–H and O–H groups in total. The SMILES string of the molecule is CC(C)(C)OC(=O)N1CCC2(CCCCC2)C1.CC(C)(C)OC(=O)N1CCC2(CCN(C(=O)Oc3ccc([N+](=O)[O-])cc3)CC2)C1.O=C(Cl)Oc1ccc([N+](=O)[O-])cc1. The maximum Gasteiger partial charge on any atom is 0.415 e. The summed E-state index contributed by atoms with van der Waals surface area (Å²) in [5.74, 6) is 0.448. The first-order valence-electron chi connectivity index (χ1n) is 19.9. The van der Waals surface area contributed by atoms with Gasteiger partial charge >= 0.3 is 23.7 Å². The lowest BCUT2D eigenvalue weighted by atomic mass is 9.74. The van der Waals surface area contributed by atoms with Gasteiger partial charge in [0.2, 0.25) is 0 Å². The van der Waals surface area contributed by atoms with Crippen molar-refractivity contribution in [2.45, 2.75) is 111 Å². The van der Waals surface area contributed by atoms with E-state index in [0.717, 1.165) is 32.4 Å². The highest BCUT2D eigenvalue weighted by atomic mass is 35.5. The highest BCUT2D eigenvalue weighted by Gasteiger charge is 2.44. The Morgan fingerprint density at radius 3 is 1.27 bits per heavy atom. The van der Waals surface area contributed by atoms with Crippen LogP contribution in [0.4, 0.5) is 30.6 Å². The summed E-state index contributed by atoms with van der Waals surface area (Å²) in [6.07, 6.45) is 9.43. The second kappa shape index (κ2) is 19.7. The lowest BCUT2D eigenvalue weighted by Gasteiger charge is -2.38. The second-order valence-corrected chi connectivity index (χ2v) is 17.9. The fourth-order valence-electron chi connectivity index (χ4n) is 7.65. The summed E-state index contributed by atoms with van der Waals surface area (Å²) in [6, 6.07) is 10.4. The van der Waals surface area contributed by atoms with Crippen LogP contribution >= 0.6 is 11.6 Å². The third-order valence-electron chi connectivity index (χ3n) is 10.7. The largest absolute Gasteiger partial charge is 0.444 e. The molecule has 2 aromatic carbocycles. The van der Waals surface area contributed by atoms with E-state index in [0.29, 0.717) is 31.6 Å². The molecule has 59 heavy (non-hydrogen) atoms. The zero-order valence-electron chi connectivity index (χ0n) is 34.7. The van der Waals surface area contributed by atoms with Crippen LogP contribution in [-0.2, 0) is 9.47 Å². The summed E-state index contributed by atoms with van der Waals surface area (Å²) in [4.78, 5) is 72.1. The van der Waals surface area contributed by atoms with Gasteiger partial charge in [0.15, 0.2) is 0 Å². The van der Waals surface area contributed by atoms with Crippen LogP contribution in [0.2, 0.25) is 0 Å². The van der Waals surface area contributed by atoms with Crippen molar-refractivity contribution in [3.8, 4) is 11.5 Å². The molecule has 324 valence electrons. The highest BCUT2D eigenvalue weighted by Crippen LogP contribution is 2.44. The first-order valence-corrected chi connectivity index (χ1v) is 20.2. The van der Waals surface area contributed by atoms with E-state index in [2.05, 4.69) is 4.74 Å². The van der Waals surface area contributed by atoms with Gasteiger partial charge in [-0.15, -0.1) is 0 Å². The van der Waals surface area contributed by atoms with Crippen LogP contribution in [0.25, 0.3) is 0 Å². The number of carbonyl (C=O) groups is 4. The predicted molar refractivity (Wildman–Crippen MR) is 218 cm³/mol. The van der Waals surface area contributed by atoms with Crippen molar-refractivity contribution in [3.63, 3.8) is 0 Å². The number of likely N-dealkylation sites (tertiary alicyclic amines) is 3. The quantitative estimate of drug-likeness (QED) is 0.160. The number of benzene rings is 2. The molecule has 0 radical (unpaired) electrons. The van der Waals surface area contributed by atoms with Gasteiger partial charge in [0.1, 0.15) is 22.7 Å². The Bertz CT molecular complexity index is 1800. The third kappa shape index (κ3) is 14.5. The Morgan fingerprint density at radius 1 is 0.559 bits per heavy atom. The summed E-state index contributed by atoms with van der Waals surface area (Å²) in [7, 11) is 0. The monoisotopic (exact) mass is 845 g/mol. The van der Waals surface area contributed by atoms with Gasteiger partial charge in [0, 0.05) is 75.1 Å². The van der Waals surface area contributed by atoms with Gasteiger partial charge in [0.05, 0.1) is 9.85 Å². The summed E-state index contributed by atoms with van der Waals surface area (Å²) >= 11 is 4.92. The summed E-state index contributed by atoms with van der Waals surface area (Å²) < 4.78 is 20.7. The molecule has 6 rings (SSSR count). The molecule has 1 aliphatic carbocycles. The van der Waals surface area contributed by atoms with Crippen molar-refractivity contribution in [2.75, 3.05) is 39.3 Å². The van der Waals surface area contributed by atoms with Crippen molar-refractivity contribution in [3.05, 3.63) is 68.8 Å². The fraction of sp³-hybridized carbons (Fsp3) is 0.610. The molecule has 3 heterocycles. The minimum atomic E-state index is -0.978. The molecule has 3 aliphatic heterocycles. The minimum Gasteiger partial charge on any atom is -0.444 e. The molecular formula is C41H56ClN5O12. The Morgan fingerprint density at radius 2 is 0.915 bits per heavy atom. The number of non-ortho nitro benzene ring substituents is 2. The molecule has 2 spiro atoms. The maximum atomic E-state index is 12.4. The maximum absolute atomic E-state index is 12.4. The molecular weight excluding hydrogens is 790 g/mol. The molecule has 17 nitrogen and oxygen atoms in total. The fourth-order valence-corrected chi connectivity index (χ4v) is 7.74. The Kier molecular flexibility index (Phi) is 15.5. The molecule has 2 aromatic rings. The van der Waals surface area contributed by atoms with E-state index in [1.165, 1.54) is 87.1 Å². The first kappa shape index (κ1) is 46.5. The summed E-state index contributed by atoms with van der Waals surface area (Å²) in [6.45, 7) is 15.6. The number of carbonyl (C=O) groups excluding carboxylic acids is 4. The van der Waals surface area contributed by atoms with Crippen LogP contribution in [0.1, 0.15) is 99.3 Å². The normalized spacial score (nSPS) is 18.1. The van der Waals surface area contributed by atoms with Crippen LogP contribution in [0.5, 0.6) is 11.5 Å². The molecule has 3 amide bonds. The van der Waals surface area contributed by atoms with Gasteiger partial charge < -0.3 is 33.6 Å². The molecule has 0 aromatic heterocycles. The zero-order valence-corrected chi connectivity index (χ0v) is 35.5. The number of hydrogen-bond donors (Lipinski definition) is 0. The Labute approximate surface area is 349 Å². The van der Waals surface area contributed by atoms with Crippen LogP contribution in [0.15, 0.2) is 48.5 Å². The highest BCUT2D eigenvalue weighted by molar-refractivity contribution is 6.61. The lowest BCUT2D eigenvalue weighted by molar-refractivity contribution is -0.385. The van der Waals surface area contributed by atoms with E-state index < -0.39 is 27.0 Å². The first-order chi connectivity index (χ1) is 27.6. The zero-order chi connectivity index (χ0) is 43.6. The second-order valence-electron chi connectivity index (χ2n) is 17.6. The number of piperidine rings is 1. The van der Waals surface area contributed by atoms with Crippen LogP contribution in [0.3, 0.4) is 0 Å². The summed E-state index contributed by atoms with van der Waals surface area (Å²) in [5.41, 5.74) is -1.56. The van der Waals surface area contributed by atoms with Crippen molar-refractivity contribution >= 4 is 46.7 Å². The van der Waals surface area contributed by atoms with Gasteiger partial charge in [-0.1, -0.05) is 19.3 Å². The molecule has 3 saturated heterocycles. The van der Waals surface area contributed by atoms with E-state index in [1.807, 2.05) is 46.4 Å².